The predicted octanol–water partition coefficient (Wildman–Crippen LogP) is 12.3. The molecule has 12 nitrogen and oxygen atoms in total. The van der Waals surface area contributed by atoms with Gasteiger partial charge < -0.3 is 59.8 Å². The van der Waals surface area contributed by atoms with Crippen LogP contribution >= 0.6 is 0 Å². The van der Waals surface area contributed by atoms with Crippen molar-refractivity contribution in [3.05, 3.63) is 144 Å². The van der Waals surface area contributed by atoms with E-state index in [1.807, 2.05) is 0 Å². The zero-order chi connectivity index (χ0) is 60.3. The molecule has 456 valence electrons. The van der Waals surface area contributed by atoms with Crippen molar-refractivity contribution in [1.82, 2.24) is 0 Å². The smallest absolute Gasteiger partial charge is 0.126 e. The maximum Gasteiger partial charge on any atom is 0.126 e. The van der Waals surface area contributed by atoms with Gasteiger partial charge in [-0.3, -0.25) is 0 Å². The lowest BCUT2D eigenvalue weighted by Gasteiger charge is -2.29. The van der Waals surface area contributed by atoms with Crippen LogP contribution in [0.1, 0.15) is 187 Å². The molecule has 0 spiro atoms. The summed E-state index contributed by atoms with van der Waals surface area (Å²) >= 11 is 0. The fraction of sp³-hybridized carbons (Fsp3) is 0.577. The molecule has 12 bridgehead atoms. The first-order chi connectivity index (χ1) is 39.2. The summed E-state index contributed by atoms with van der Waals surface area (Å²) in [5.74, 6) is 4.15. The first kappa shape index (κ1) is 65.4. The molecular weight excluding hydrogens is 1040 g/mol. The third-order valence-electron chi connectivity index (χ3n) is 15.6. The third kappa shape index (κ3) is 17.7. The second-order valence-corrected chi connectivity index (χ2v) is 27.8. The van der Waals surface area contributed by atoms with E-state index in [9.17, 15) is 0 Å². The summed E-state index contributed by atoms with van der Waals surface area (Å²) in [6.07, 6.45) is 2.66. The molecule has 0 saturated carbocycles. The van der Waals surface area contributed by atoms with Crippen molar-refractivity contribution in [2.45, 2.75) is 163 Å². The van der Waals surface area contributed by atoms with Gasteiger partial charge in [-0.05, 0) is 111 Å². The van der Waals surface area contributed by atoms with Gasteiger partial charge in [0, 0.05) is 51.7 Å². The highest BCUT2D eigenvalue weighted by Gasteiger charge is 2.31. The summed E-state index contributed by atoms with van der Waals surface area (Å²) < 4.78 is 60.3. The van der Waals surface area contributed by atoms with E-state index in [1.54, 1.807) is 0 Å². The fourth-order valence-electron chi connectivity index (χ4n) is 10.9. The summed E-state index contributed by atoms with van der Waals surface area (Å²) in [4.78, 5) is 0. The molecule has 2 aliphatic heterocycles. The Morgan fingerprint density at radius 1 is 0.301 bits per heavy atom. The van der Waals surface area contributed by atoms with E-state index in [2.05, 4.69) is 165 Å². The maximum absolute atomic E-state index is 7.19. The molecule has 0 amide bonds. The highest BCUT2D eigenvalue weighted by atomic mass is 16.6. The largest absolute Gasteiger partial charge is 0.491 e. The Balaban J connectivity index is 1.69. The molecule has 0 unspecified atom stereocenters. The van der Waals surface area contributed by atoms with Gasteiger partial charge in [-0.1, -0.05) is 165 Å². The summed E-state index contributed by atoms with van der Waals surface area (Å²) in [5, 5.41) is 0. The van der Waals surface area contributed by atoms with Gasteiger partial charge in [0.05, 0.1) is 52.9 Å². The van der Waals surface area contributed by atoms with Gasteiger partial charge in [-0.15, -0.1) is 0 Å². The van der Waals surface area contributed by atoms with Crippen LogP contribution in [0.2, 0.25) is 0 Å². The van der Waals surface area contributed by atoms with Crippen molar-refractivity contribution in [3.63, 3.8) is 0 Å². The molecule has 83 heavy (non-hydrogen) atoms. The van der Waals surface area contributed by atoms with E-state index >= 15 is 0 Å². The van der Waals surface area contributed by atoms with Crippen LogP contribution < -0.4 is 40.9 Å². The second kappa shape index (κ2) is 28.3. The van der Waals surface area contributed by atoms with Crippen molar-refractivity contribution in [1.29, 1.82) is 0 Å². The minimum atomic E-state index is -0.228. The van der Waals surface area contributed by atoms with Crippen LogP contribution in [0.25, 0.3) is 0 Å². The van der Waals surface area contributed by atoms with E-state index in [0.717, 1.165) is 84.4 Å². The highest BCUT2D eigenvalue weighted by molar-refractivity contribution is 5.61. The lowest BCUT2D eigenvalue weighted by Crippen LogP contribution is -2.20. The molecular formula is C71H103N3O9. The molecule has 2 heterocycles. The van der Waals surface area contributed by atoms with Gasteiger partial charge >= 0.3 is 0 Å². The number of fused-ring (bicyclic) bond motifs is 6. The predicted molar refractivity (Wildman–Crippen MR) is 338 cm³/mol. The Labute approximate surface area is 499 Å². The fourth-order valence-corrected chi connectivity index (χ4v) is 10.9. The molecule has 5 aromatic rings. The molecule has 0 saturated heterocycles. The zero-order valence-electron chi connectivity index (χ0n) is 53.5. The standard InChI is InChI=1S/C71H103N3O9/c1-67(2,3)57-37-47-32-48-38-58(68(4,5)6)40-50(63(48)80-28-23-76-20-17-73)34-54-44-61(71(13,14)15)46-56-36-52-42-59(69(7,8)9)41-51(64(52)81-29-24-77-21-18-74)35-55-45-60(70(10,11)12)43-53(65(55)82-30-25-78-26-31-83-66(54)56)33-49(39-57)62(47)79-27-22-75-19-16-72/h37-46H,16-36,72-74H2,1-15H3. The topological polar surface area (TPSA) is 161 Å². The first-order valence-corrected chi connectivity index (χ1v) is 30.6. The van der Waals surface area contributed by atoms with Crippen molar-refractivity contribution in [2.24, 2.45) is 17.2 Å². The quantitative estimate of drug-likeness (QED) is 0.0553. The average Bonchev–Trinajstić information content (AvgIpc) is 3.59. The van der Waals surface area contributed by atoms with Crippen molar-refractivity contribution in [2.75, 3.05) is 106 Å². The number of nitrogens with two attached hydrogens (primary N) is 3. The molecule has 0 fully saturated rings. The van der Waals surface area contributed by atoms with Crippen LogP contribution in [-0.4, -0.2) is 106 Å². The number of hydrogen-bond donors (Lipinski definition) is 3. The Hall–Kier alpha value is -5.18. The molecule has 6 N–H and O–H groups in total. The van der Waals surface area contributed by atoms with Crippen LogP contribution in [0, 0.1) is 0 Å². The average molecular weight is 1140 g/mol. The summed E-state index contributed by atoms with van der Waals surface area (Å²) in [5.41, 5.74) is 33.3. The normalized spacial score (nSPS) is 14.6. The molecule has 0 radical (unpaired) electrons. The Bertz CT molecular complexity index is 2770. The van der Waals surface area contributed by atoms with Crippen LogP contribution in [-0.2, 0) is 78.1 Å². The Kier molecular flexibility index (Phi) is 22.3. The second-order valence-electron chi connectivity index (χ2n) is 27.8. The molecule has 8 rings (SSSR count). The van der Waals surface area contributed by atoms with Gasteiger partial charge in [0.1, 0.15) is 61.8 Å². The van der Waals surface area contributed by atoms with E-state index in [-0.39, 0.29) is 27.1 Å². The molecule has 3 aliphatic rings. The van der Waals surface area contributed by atoms with Crippen LogP contribution in [0.4, 0.5) is 0 Å². The molecule has 0 aromatic heterocycles. The summed E-state index contributed by atoms with van der Waals surface area (Å²) in [6, 6.07) is 23.6. The van der Waals surface area contributed by atoms with Gasteiger partial charge in [-0.25, -0.2) is 0 Å². The lowest BCUT2D eigenvalue weighted by molar-refractivity contribution is 0.0755. The number of ether oxygens (including phenoxy) is 9. The highest BCUT2D eigenvalue weighted by Crippen LogP contribution is 2.45. The molecule has 5 aromatic carbocycles. The van der Waals surface area contributed by atoms with E-state index in [0.29, 0.717) is 138 Å². The van der Waals surface area contributed by atoms with E-state index in [4.69, 9.17) is 59.8 Å². The molecule has 12 heteroatoms. The monoisotopic (exact) mass is 1140 g/mol. The lowest BCUT2D eigenvalue weighted by atomic mass is 9.79. The van der Waals surface area contributed by atoms with Crippen molar-refractivity contribution < 1.29 is 42.6 Å². The maximum atomic E-state index is 7.19. The van der Waals surface area contributed by atoms with Crippen LogP contribution in [0.3, 0.4) is 0 Å². The van der Waals surface area contributed by atoms with Gasteiger partial charge in [0.2, 0.25) is 0 Å². The molecule has 0 atom stereocenters. The number of benzene rings is 5. The summed E-state index contributed by atoms with van der Waals surface area (Å²) in [7, 11) is 0. The van der Waals surface area contributed by atoms with E-state index in [1.165, 1.54) is 27.8 Å². The van der Waals surface area contributed by atoms with Gasteiger partial charge in [-0.2, -0.15) is 0 Å². The third-order valence-corrected chi connectivity index (χ3v) is 15.6. The van der Waals surface area contributed by atoms with Gasteiger partial charge in [0.15, 0.2) is 0 Å². The minimum absolute atomic E-state index is 0.212. The summed E-state index contributed by atoms with van der Waals surface area (Å²) in [6.45, 7) is 40.5. The molecule has 1 aliphatic carbocycles. The zero-order valence-corrected chi connectivity index (χ0v) is 53.5. The van der Waals surface area contributed by atoms with Crippen LogP contribution in [0.15, 0.2) is 60.7 Å². The minimum Gasteiger partial charge on any atom is -0.491 e. The SMILES string of the molecule is CC(C)(C)c1cc2c(OCCOCCN)c(c1)Cc1cc(C(C)(C)C)cc3c1OCCOCCOc1c(cc(C(C)(C)C)cc1Cc1cc(C(C)(C)C)cc(c1OCCOCCN)C3)Cc1cc(C(C)(C)C)cc(c1OCCOCCN)C2. The first-order valence-electron chi connectivity index (χ1n) is 30.6. The number of hydrogen-bond acceptors (Lipinski definition) is 12. The van der Waals surface area contributed by atoms with Crippen LogP contribution in [0.5, 0.6) is 28.7 Å². The van der Waals surface area contributed by atoms with Crippen molar-refractivity contribution in [3.8, 4) is 28.7 Å². The Morgan fingerprint density at radius 2 is 0.518 bits per heavy atom. The number of rotatable bonds is 18. The van der Waals surface area contributed by atoms with Crippen molar-refractivity contribution >= 4 is 0 Å². The van der Waals surface area contributed by atoms with Gasteiger partial charge in [0.25, 0.3) is 0 Å². The van der Waals surface area contributed by atoms with E-state index < -0.39 is 0 Å². The Morgan fingerprint density at radius 3 is 0.735 bits per heavy atom.